The highest BCUT2D eigenvalue weighted by Gasteiger charge is 2.30. The fraction of sp³-hybridized carbons (Fsp3) is 0.667. The summed E-state index contributed by atoms with van der Waals surface area (Å²) in [7, 11) is 0. The van der Waals surface area contributed by atoms with E-state index in [9.17, 15) is 0 Å². The maximum Gasteiger partial charge on any atom is 0.0541 e. The second kappa shape index (κ2) is 7.24. The van der Waals surface area contributed by atoms with Gasteiger partial charge in [-0.15, -0.1) is 0 Å². The molecule has 20 heavy (non-hydrogen) atoms. The zero-order valence-corrected chi connectivity index (χ0v) is 13.1. The Balaban J connectivity index is 2.13. The number of nitrogens with two attached hydrogens (primary N) is 1. The van der Waals surface area contributed by atoms with Gasteiger partial charge in [-0.25, -0.2) is 0 Å². The molecule has 0 bridgehead atoms. The van der Waals surface area contributed by atoms with Crippen LogP contribution in [0.4, 0.5) is 0 Å². The first kappa shape index (κ1) is 15.5. The van der Waals surface area contributed by atoms with Gasteiger partial charge in [0.25, 0.3) is 0 Å². The van der Waals surface area contributed by atoms with Crippen LogP contribution in [0.25, 0.3) is 0 Å². The number of benzene rings is 1. The summed E-state index contributed by atoms with van der Waals surface area (Å²) in [6.45, 7) is 7.96. The monoisotopic (exact) mass is 274 g/mol. The molecule has 112 valence electrons. The summed E-state index contributed by atoms with van der Waals surface area (Å²) in [6.07, 6.45) is 6.46. The van der Waals surface area contributed by atoms with Crippen molar-refractivity contribution in [2.45, 2.75) is 51.5 Å². The molecular formula is C18H30N2. The molecule has 1 aliphatic rings. The lowest BCUT2D eigenvalue weighted by Gasteiger charge is -2.37. The van der Waals surface area contributed by atoms with Crippen molar-refractivity contribution in [1.82, 2.24) is 4.90 Å². The molecule has 1 aliphatic heterocycles. The molecule has 0 spiro atoms. The molecule has 2 nitrogen and oxygen atoms in total. The van der Waals surface area contributed by atoms with Crippen molar-refractivity contribution in [3.05, 3.63) is 35.9 Å². The quantitative estimate of drug-likeness (QED) is 0.885. The Kier molecular flexibility index (Phi) is 5.62. The smallest absolute Gasteiger partial charge is 0.0541 e. The number of hydrogen-bond acceptors (Lipinski definition) is 2. The van der Waals surface area contributed by atoms with Gasteiger partial charge in [0, 0.05) is 6.54 Å². The van der Waals surface area contributed by atoms with Crippen molar-refractivity contribution in [2.24, 2.45) is 11.7 Å². The van der Waals surface area contributed by atoms with Crippen LogP contribution >= 0.6 is 0 Å². The molecule has 1 aromatic carbocycles. The molecule has 0 aliphatic carbocycles. The minimum Gasteiger partial charge on any atom is -0.320 e. The Morgan fingerprint density at radius 1 is 1.05 bits per heavy atom. The van der Waals surface area contributed by atoms with E-state index in [0.717, 1.165) is 13.0 Å². The van der Waals surface area contributed by atoms with Crippen molar-refractivity contribution >= 4 is 0 Å². The summed E-state index contributed by atoms with van der Waals surface area (Å²) in [6, 6.07) is 10.7. The largest absolute Gasteiger partial charge is 0.320 e. The number of nitrogens with zero attached hydrogens (tertiary/aromatic N) is 1. The van der Waals surface area contributed by atoms with Gasteiger partial charge in [0.05, 0.1) is 5.54 Å². The van der Waals surface area contributed by atoms with Gasteiger partial charge >= 0.3 is 0 Å². The highest BCUT2D eigenvalue weighted by molar-refractivity contribution is 5.24. The van der Waals surface area contributed by atoms with Crippen LogP contribution in [0.1, 0.15) is 51.5 Å². The third kappa shape index (κ3) is 4.32. The van der Waals surface area contributed by atoms with E-state index in [0.29, 0.717) is 5.92 Å². The van der Waals surface area contributed by atoms with Gasteiger partial charge in [-0.1, -0.05) is 57.0 Å². The molecule has 0 amide bonds. The highest BCUT2D eigenvalue weighted by Crippen LogP contribution is 2.28. The zero-order valence-electron chi connectivity index (χ0n) is 13.1. The molecule has 1 fully saturated rings. The predicted molar refractivity (Wildman–Crippen MR) is 86.7 cm³/mol. The maximum atomic E-state index is 6.86. The minimum absolute atomic E-state index is 0.209. The minimum atomic E-state index is -0.209. The Bertz CT molecular complexity index is 380. The first-order chi connectivity index (χ1) is 9.60. The molecule has 1 atom stereocenters. The average molecular weight is 274 g/mol. The molecule has 1 unspecified atom stereocenters. The lowest BCUT2D eigenvalue weighted by atomic mass is 9.82. The zero-order chi connectivity index (χ0) is 14.4. The normalized spacial score (nSPS) is 20.6. The van der Waals surface area contributed by atoms with Gasteiger partial charge in [-0.3, -0.25) is 0 Å². The van der Waals surface area contributed by atoms with Crippen LogP contribution in [-0.4, -0.2) is 24.5 Å². The molecule has 2 heteroatoms. The second-order valence-corrected chi connectivity index (χ2v) is 6.81. The van der Waals surface area contributed by atoms with Gasteiger partial charge < -0.3 is 10.6 Å². The fourth-order valence-electron chi connectivity index (χ4n) is 3.47. The van der Waals surface area contributed by atoms with Crippen LogP contribution < -0.4 is 5.73 Å². The standard InChI is InChI=1S/C18H30N2/c1-16(2)14-18(19,17-10-6-5-7-11-17)15-20-12-8-3-4-9-13-20/h5-7,10-11,16H,3-4,8-9,12-15,19H2,1-2H3. The summed E-state index contributed by atoms with van der Waals surface area (Å²) in [5.41, 5.74) is 7.94. The van der Waals surface area contributed by atoms with E-state index in [-0.39, 0.29) is 5.54 Å². The third-order valence-electron chi connectivity index (χ3n) is 4.33. The van der Waals surface area contributed by atoms with Gasteiger partial charge in [-0.05, 0) is 43.8 Å². The van der Waals surface area contributed by atoms with E-state index < -0.39 is 0 Å². The lowest BCUT2D eigenvalue weighted by molar-refractivity contribution is 0.193. The predicted octanol–water partition coefficient (Wildman–Crippen LogP) is 3.76. The molecule has 1 saturated heterocycles. The van der Waals surface area contributed by atoms with Gasteiger partial charge in [0.1, 0.15) is 0 Å². The molecule has 0 radical (unpaired) electrons. The van der Waals surface area contributed by atoms with Gasteiger partial charge in [0.2, 0.25) is 0 Å². The Morgan fingerprint density at radius 3 is 2.20 bits per heavy atom. The molecule has 1 heterocycles. The van der Waals surface area contributed by atoms with E-state index in [1.54, 1.807) is 0 Å². The summed E-state index contributed by atoms with van der Waals surface area (Å²) >= 11 is 0. The number of likely N-dealkylation sites (tertiary alicyclic amines) is 1. The first-order valence-electron chi connectivity index (χ1n) is 8.17. The van der Waals surface area contributed by atoms with Crippen LogP contribution in [0.5, 0.6) is 0 Å². The Labute approximate surface area is 124 Å². The second-order valence-electron chi connectivity index (χ2n) is 6.81. The van der Waals surface area contributed by atoms with Crippen LogP contribution in [-0.2, 0) is 5.54 Å². The van der Waals surface area contributed by atoms with E-state index in [2.05, 4.69) is 49.1 Å². The van der Waals surface area contributed by atoms with E-state index in [1.165, 1.54) is 44.3 Å². The van der Waals surface area contributed by atoms with Gasteiger partial charge in [0.15, 0.2) is 0 Å². The van der Waals surface area contributed by atoms with Crippen LogP contribution in [0.3, 0.4) is 0 Å². The molecule has 2 rings (SSSR count). The Hall–Kier alpha value is -0.860. The van der Waals surface area contributed by atoms with E-state index in [1.807, 2.05) is 0 Å². The van der Waals surface area contributed by atoms with E-state index >= 15 is 0 Å². The molecule has 2 N–H and O–H groups in total. The fourth-order valence-corrected chi connectivity index (χ4v) is 3.47. The molecular weight excluding hydrogens is 244 g/mol. The SMILES string of the molecule is CC(C)CC(N)(CN1CCCCCC1)c1ccccc1. The maximum absolute atomic E-state index is 6.86. The summed E-state index contributed by atoms with van der Waals surface area (Å²) < 4.78 is 0. The van der Waals surface area contributed by atoms with Crippen molar-refractivity contribution in [2.75, 3.05) is 19.6 Å². The Morgan fingerprint density at radius 2 is 1.65 bits per heavy atom. The van der Waals surface area contributed by atoms with Crippen molar-refractivity contribution in [3.63, 3.8) is 0 Å². The molecule has 0 aromatic heterocycles. The number of hydrogen-bond donors (Lipinski definition) is 1. The lowest BCUT2D eigenvalue weighted by Crippen LogP contribution is -2.48. The topological polar surface area (TPSA) is 29.3 Å². The third-order valence-corrected chi connectivity index (χ3v) is 4.33. The van der Waals surface area contributed by atoms with Crippen molar-refractivity contribution < 1.29 is 0 Å². The van der Waals surface area contributed by atoms with Gasteiger partial charge in [-0.2, -0.15) is 0 Å². The van der Waals surface area contributed by atoms with Crippen LogP contribution in [0, 0.1) is 5.92 Å². The summed E-state index contributed by atoms with van der Waals surface area (Å²) in [5, 5.41) is 0. The summed E-state index contributed by atoms with van der Waals surface area (Å²) in [5.74, 6) is 0.618. The summed E-state index contributed by atoms with van der Waals surface area (Å²) in [4.78, 5) is 2.59. The van der Waals surface area contributed by atoms with E-state index in [4.69, 9.17) is 5.73 Å². The van der Waals surface area contributed by atoms with Crippen molar-refractivity contribution in [1.29, 1.82) is 0 Å². The van der Waals surface area contributed by atoms with Crippen molar-refractivity contribution in [3.8, 4) is 0 Å². The average Bonchev–Trinajstić information content (AvgIpc) is 2.67. The molecule has 1 aromatic rings. The first-order valence-corrected chi connectivity index (χ1v) is 8.17. The molecule has 0 saturated carbocycles. The van der Waals surface area contributed by atoms with Crippen LogP contribution in [0.2, 0.25) is 0 Å². The van der Waals surface area contributed by atoms with Crippen LogP contribution in [0.15, 0.2) is 30.3 Å². The highest BCUT2D eigenvalue weighted by atomic mass is 15.1. The number of rotatable bonds is 5.